The predicted molar refractivity (Wildman–Crippen MR) is 128 cm³/mol. The highest BCUT2D eigenvalue weighted by Crippen LogP contribution is 2.42. The van der Waals surface area contributed by atoms with Gasteiger partial charge in [0.15, 0.2) is 23.1 Å². The first-order valence-electron chi connectivity index (χ1n) is 12.1. The van der Waals surface area contributed by atoms with Gasteiger partial charge >= 0.3 is 0 Å². The molecule has 5 rings (SSSR count). The Balaban J connectivity index is 1.23. The molecule has 0 spiro atoms. The number of hydrogen-bond acceptors (Lipinski definition) is 5. The van der Waals surface area contributed by atoms with Gasteiger partial charge in [0, 0.05) is 32.1 Å². The van der Waals surface area contributed by atoms with E-state index in [-0.39, 0.29) is 18.6 Å². The van der Waals surface area contributed by atoms with Crippen LogP contribution >= 0.6 is 0 Å². The van der Waals surface area contributed by atoms with E-state index >= 15 is 0 Å². The number of nitrogens with zero attached hydrogens (tertiary/aromatic N) is 3. The fourth-order valence-electron chi connectivity index (χ4n) is 5.26. The molecule has 3 aliphatic rings. The van der Waals surface area contributed by atoms with Crippen molar-refractivity contribution in [2.24, 2.45) is 16.6 Å². The summed E-state index contributed by atoms with van der Waals surface area (Å²) in [6.45, 7) is 2.85. The van der Waals surface area contributed by atoms with Crippen LogP contribution in [0.3, 0.4) is 0 Å². The summed E-state index contributed by atoms with van der Waals surface area (Å²) in [5, 5.41) is 11.8. The van der Waals surface area contributed by atoms with E-state index < -0.39 is 5.60 Å². The summed E-state index contributed by atoms with van der Waals surface area (Å²) in [4.78, 5) is 22.0. The Kier molecular flexibility index (Phi) is 6.32. The molecule has 2 fully saturated rings. The normalized spacial score (nSPS) is 20.4. The van der Waals surface area contributed by atoms with Crippen LogP contribution in [-0.4, -0.2) is 59.7 Å². The predicted octanol–water partition coefficient (Wildman–Crippen LogP) is 2.45. The molecule has 1 amide bonds. The van der Waals surface area contributed by atoms with Crippen LogP contribution in [0.1, 0.15) is 36.8 Å². The van der Waals surface area contributed by atoms with Crippen LogP contribution in [-0.2, 0) is 16.9 Å². The molecule has 0 bridgehead atoms. The second-order valence-corrected chi connectivity index (χ2v) is 9.26. The minimum atomic E-state index is -1.47. The molecule has 2 aromatic carbocycles. The summed E-state index contributed by atoms with van der Waals surface area (Å²) in [5.41, 5.74) is 6.49. The summed E-state index contributed by atoms with van der Waals surface area (Å²) in [6.07, 6.45) is 3.85. The molecule has 180 valence electrons. The molecule has 0 radical (unpaired) electrons. The molecule has 2 aromatic rings. The van der Waals surface area contributed by atoms with Gasteiger partial charge in [0.05, 0.1) is 6.54 Å². The van der Waals surface area contributed by atoms with Gasteiger partial charge in [-0.2, -0.15) is 0 Å². The number of aliphatic imine (C=N–C) groups is 1. The maximum absolute atomic E-state index is 13.7. The maximum Gasteiger partial charge on any atom is 0.259 e. The lowest BCUT2D eigenvalue weighted by Gasteiger charge is -2.41. The summed E-state index contributed by atoms with van der Waals surface area (Å²) >= 11 is 0. The zero-order valence-electron chi connectivity index (χ0n) is 19.4. The van der Waals surface area contributed by atoms with Crippen LogP contribution in [0.4, 0.5) is 0 Å². The van der Waals surface area contributed by atoms with Crippen LogP contribution in [0.25, 0.3) is 0 Å². The Bertz CT molecular complexity index is 1050. The quantitative estimate of drug-likeness (QED) is 0.521. The van der Waals surface area contributed by atoms with Crippen LogP contribution < -0.4 is 15.2 Å². The van der Waals surface area contributed by atoms with Crippen molar-refractivity contribution >= 4 is 11.9 Å². The molecule has 0 aromatic heterocycles. The van der Waals surface area contributed by atoms with Crippen molar-refractivity contribution in [2.45, 2.75) is 37.8 Å². The number of ether oxygens (including phenoxy) is 2. The summed E-state index contributed by atoms with van der Waals surface area (Å²) in [7, 11) is 0. The third-order valence-corrected chi connectivity index (χ3v) is 7.24. The average molecular weight is 465 g/mol. The van der Waals surface area contributed by atoms with E-state index in [9.17, 15) is 9.90 Å². The van der Waals surface area contributed by atoms with E-state index in [4.69, 9.17) is 15.2 Å². The molecule has 8 nitrogen and oxygen atoms in total. The van der Waals surface area contributed by atoms with E-state index in [1.807, 2.05) is 53.4 Å². The number of guanidine groups is 1. The van der Waals surface area contributed by atoms with Gasteiger partial charge in [-0.3, -0.25) is 4.79 Å². The largest absolute Gasteiger partial charge is 0.454 e. The lowest BCUT2D eigenvalue weighted by Crippen LogP contribution is -2.58. The second kappa shape index (κ2) is 9.54. The van der Waals surface area contributed by atoms with Gasteiger partial charge in [0.1, 0.15) is 0 Å². The molecule has 2 heterocycles. The van der Waals surface area contributed by atoms with Crippen LogP contribution in [0, 0.1) is 5.92 Å². The number of hydrogen-bond donors (Lipinski definition) is 2. The van der Waals surface area contributed by atoms with Crippen molar-refractivity contribution in [3.8, 4) is 11.5 Å². The zero-order valence-corrected chi connectivity index (χ0v) is 19.4. The number of carbonyl (C=O) groups is 1. The molecule has 2 aliphatic heterocycles. The standard InChI is InChI=1S/C26H32N4O4/c27-25(28-17-19-10-11-22-23(16-19)34-18-33-22)30-14-12-29(13-15-30)24(31)26(32,21-8-4-5-9-21)20-6-2-1-3-7-20/h1-3,6-7,10-11,16,21,32H,4-5,8-9,12-15,17-18H2,(H2,27,28)/t26-/m0/s1. The van der Waals surface area contributed by atoms with E-state index in [0.29, 0.717) is 44.2 Å². The Labute approximate surface area is 200 Å². The van der Waals surface area contributed by atoms with Crippen molar-refractivity contribution in [3.05, 3.63) is 59.7 Å². The van der Waals surface area contributed by atoms with Gasteiger partial charge in [-0.1, -0.05) is 49.2 Å². The Hall–Kier alpha value is -3.26. The van der Waals surface area contributed by atoms with Crippen molar-refractivity contribution in [1.29, 1.82) is 0 Å². The van der Waals surface area contributed by atoms with Gasteiger partial charge in [0.25, 0.3) is 5.91 Å². The lowest BCUT2D eigenvalue weighted by molar-refractivity contribution is -0.160. The zero-order chi connectivity index (χ0) is 23.5. The highest BCUT2D eigenvalue weighted by Gasteiger charge is 2.48. The highest BCUT2D eigenvalue weighted by atomic mass is 16.7. The number of benzene rings is 2. The molecule has 1 saturated heterocycles. The number of carbonyl (C=O) groups excluding carboxylic acids is 1. The molecular formula is C26H32N4O4. The minimum Gasteiger partial charge on any atom is -0.454 e. The van der Waals surface area contributed by atoms with Gasteiger partial charge in [-0.25, -0.2) is 4.99 Å². The third-order valence-electron chi connectivity index (χ3n) is 7.24. The van der Waals surface area contributed by atoms with E-state index in [0.717, 1.165) is 42.7 Å². The number of fused-ring (bicyclic) bond motifs is 1. The topological polar surface area (TPSA) is 101 Å². The van der Waals surface area contributed by atoms with Gasteiger partial charge in [0.2, 0.25) is 6.79 Å². The maximum atomic E-state index is 13.7. The number of aliphatic hydroxyl groups is 1. The first-order chi connectivity index (χ1) is 16.6. The fraction of sp³-hybridized carbons (Fsp3) is 0.462. The summed E-state index contributed by atoms with van der Waals surface area (Å²) in [5.74, 6) is 1.69. The smallest absolute Gasteiger partial charge is 0.259 e. The fourth-order valence-corrected chi connectivity index (χ4v) is 5.26. The molecule has 1 atom stereocenters. The van der Waals surface area contributed by atoms with E-state index in [1.54, 1.807) is 4.90 Å². The number of piperazine rings is 1. The van der Waals surface area contributed by atoms with Gasteiger partial charge in [-0.15, -0.1) is 0 Å². The van der Waals surface area contributed by atoms with Crippen LogP contribution in [0.2, 0.25) is 0 Å². The first-order valence-corrected chi connectivity index (χ1v) is 12.1. The van der Waals surface area contributed by atoms with Gasteiger partial charge < -0.3 is 30.1 Å². The molecule has 1 saturated carbocycles. The third kappa shape index (κ3) is 4.30. The van der Waals surface area contributed by atoms with E-state index in [2.05, 4.69) is 4.99 Å². The molecule has 3 N–H and O–H groups in total. The molecule has 0 unspecified atom stereocenters. The summed E-state index contributed by atoms with van der Waals surface area (Å²) < 4.78 is 10.8. The monoisotopic (exact) mass is 464 g/mol. The van der Waals surface area contributed by atoms with Crippen LogP contribution in [0.15, 0.2) is 53.5 Å². The summed E-state index contributed by atoms with van der Waals surface area (Å²) in [6, 6.07) is 15.2. The Morgan fingerprint density at radius 1 is 1.00 bits per heavy atom. The Morgan fingerprint density at radius 2 is 1.68 bits per heavy atom. The number of amides is 1. The molecule has 34 heavy (non-hydrogen) atoms. The number of nitrogens with two attached hydrogens (primary N) is 1. The van der Waals surface area contributed by atoms with Crippen molar-refractivity contribution in [1.82, 2.24) is 9.80 Å². The first kappa shape index (κ1) is 22.5. The SMILES string of the molecule is NC(=NCc1ccc2c(c1)OCO2)N1CCN(C(=O)[C@](O)(c2ccccc2)C2CCCC2)CC1. The van der Waals surface area contributed by atoms with Crippen molar-refractivity contribution in [3.63, 3.8) is 0 Å². The molecule has 8 heteroatoms. The average Bonchev–Trinajstić information content (AvgIpc) is 3.59. The van der Waals surface area contributed by atoms with Crippen molar-refractivity contribution in [2.75, 3.05) is 33.0 Å². The molecular weight excluding hydrogens is 432 g/mol. The minimum absolute atomic E-state index is 0.0474. The second-order valence-electron chi connectivity index (χ2n) is 9.26. The highest BCUT2D eigenvalue weighted by molar-refractivity contribution is 5.87. The van der Waals surface area contributed by atoms with Crippen LogP contribution in [0.5, 0.6) is 11.5 Å². The molecule has 1 aliphatic carbocycles. The number of rotatable bonds is 5. The van der Waals surface area contributed by atoms with Gasteiger partial charge in [-0.05, 0) is 36.1 Å². The van der Waals surface area contributed by atoms with Crippen molar-refractivity contribution < 1.29 is 19.4 Å². The van der Waals surface area contributed by atoms with E-state index in [1.165, 1.54) is 0 Å². The lowest BCUT2D eigenvalue weighted by atomic mass is 9.79. The Morgan fingerprint density at radius 3 is 2.41 bits per heavy atom.